The van der Waals surface area contributed by atoms with Crippen LogP contribution in [0, 0.1) is 5.92 Å². The Labute approximate surface area is 219 Å². The van der Waals surface area contributed by atoms with Gasteiger partial charge in [0, 0.05) is 28.6 Å². The number of anilines is 1. The van der Waals surface area contributed by atoms with Crippen molar-refractivity contribution in [2.24, 2.45) is 5.92 Å². The van der Waals surface area contributed by atoms with E-state index in [0.29, 0.717) is 28.9 Å². The van der Waals surface area contributed by atoms with E-state index >= 15 is 0 Å². The van der Waals surface area contributed by atoms with Crippen molar-refractivity contribution in [2.45, 2.75) is 59.8 Å². The summed E-state index contributed by atoms with van der Waals surface area (Å²) in [5, 5.41) is 8.37. The van der Waals surface area contributed by atoms with Crippen LogP contribution < -0.4 is 5.32 Å². The summed E-state index contributed by atoms with van der Waals surface area (Å²) in [6.07, 6.45) is 1.72. The Hall–Kier alpha value is -3.12. The number of rotatable bonds is 9. The second-order valence-electron chi connectivity index (χ2n) is 10.6. The van der Waals surface area contributed by atoms with Crippen molar-refractivity contribution in [2.75, 3.05) is 18.4 Å². The molecule has 1 heterocycles. The van der Waals surface area contributed by atoms with Crippen molar-refractivity contribution in [1.82, 2.24) is 14.7 Å². The molecule has 0 saturated heterocycles. The number of hydrogen-bond donors (Lipinski definition) is 1. The third-order valence-corrected chi connectivity index (χ3v) is 6.28. The summed E-state index contributed by atoms with van der Waals surface area (Å²) in [5.41, 5.74) is 3.18. The predicted molar refractivity (Wildman–Crippen MR) is 147 cm³/mol. The molecule has 0 aliphatic carbocycles. The predicted octanol–water partition coefficient (Wildman–Crippen LogP) is 6.51. The molecule has 6 nitrogen and oxygen atoms in total. The van der Waals surface area contributed by atoms with E-state index in [1.165, 1.54) is 5.56 Å². The lowest BCUT2D eigenvalue weighted by molar-refractivity contribution is -0.117. The second-order valence-corrected chi connectivity index (χ2v) is 11.0. The smallest absolute Gasteiger partial charge is 0.254 e. The highest BCUT2D eigenvalue weighted by Crippen LogP contribution is 2.27. The number of carbonyl (C=O) groups is 2. The largest absolute Gasteiger partial charge is 0.329 e. The molecule has 36 heavy (non-hydrogen) atoms. The van der Waals surface area contributed by atoms with Gasteiger partial charge in [-0.2, -0.15) is 5.10 Å². The summed E-state index contributed by atoms with van der Waals surface area (Å²) >= 11 is 6.07. The zero-order chi connectivity index (χ0) is 26.5. The zero-order valence-corrected chi connectivity index (χ0v) is 22.9. The van der Waals surface area contributed by atoms with Gasteiger partial charge in [-0.25, -0.2) is 4.68 Å². The van der Waals surface area contributed by atoms with Crippen molar-refractivity contribution in [3.63, 3.8) is 0 Å². The molecule has 0 aliphatic heterocycles. The number of nitrogens with zero attached hydrogens (tertiary/aromatic N) is 3. The second kappa shape index (κ2) is 11.7. The molecule has 0 aliphatic rings. The lowest BCUT2D eigenvalue weighted by Gasteiger charge is -2.23. The van der Waals surface area contributed by atoms with Gasteiger partial charge in [0.2, 0.25) is 5.91 Å². The van der Waals surface area contributed by atoms with Crippen molar-refractivity contribution in [3.05, 3.63) is 76.4 Å². The molecule has 0 atom stereocenters. The summed E-state index contributed by atoms with van der Waals surface area (Å²) in [6, 6.07) is 16.8. The molecule has 0 unspecified atom stereocenters. The van der Waals surface area contributed by atoms with Gasteiger partial charge in [0.05, 0.1) is 11.4 Å². The van der Waals surface area contributed by atoms with Gasteiger partial charge < -0.3 is 10.2 Å². The van der Waals surface area contributed by atoms with E-state index in [-0.39, 0.29) is 23.8 Å². The number of carbonyl (C=O) groups excluding carboxylic acids is 2. The Balaban J connectivity index is 1.85. The number of nitrogens with one attached hydrogen (secondary N) is 1. The average molecular weight is 509 g/mol. The number of hydrogen-bond acceptors (Lipinski definition) is 3. The van der Waals surface area contributed by atoms with Gasteiger partial charge in [-0.1, -0.05) is 65.3 Å². The van der Waals surface area contributed by atoms with Crippen LogP contribution in [0.15, 0.2) is 54.6 Å². The fourth-order valence-electron chi connectivity index (χ4n) is 3.70. The molecule has 7 heteroatoms. The van der Waals surface area contributed by atoms with Gasteiger partial charge in [0.25, 0.3) is 5.91 Å². The van der Waals surface area contributed by atoms with E-state index in [9.17, 15) is 9.59 Å². The molecule has 0 spiro atoms. The Morgan fingerprint density at radius 1 is 1.06 bits per heavy atom. The maximum atomic E-state index is 13.3. The van der Waals surface area contributed by atoms with E-state index < -0.39 is 0 Å². The van der Waals surface area contributed by atoms with Crippen LogP contribution in [0.25, 0.3) is 5.69 Å². The molecular weight excluding hydrogens is 472 g/mol. The zero-order valence-electron chi connectivity index (χ0n) is 22.1. The first kappa shape index (κ1) is 27.5. The van der Waals surface area contributed by atoms with E-state index in [1.807, 2.05) is 42.5 Å². The van der Waals surface area contributed by atoms with E-state index in [0.717, 1.165) is 24.2 Å². The molecular formula is C29H37ClN4O2. The van der Waals surface area contributed by atoms with Crippen molar-refractivity contribution in [3.8, 4) is 5.69 Å². The summed E-state index contributed by atoms with van der Waals surface area (Å²) in [5.74, 6) is 0.546. The quantitative estimate of drug-likeness (QED) is 0.358. The van der Waals surface area contributed by atoms with Gasteiger partial charge in [0.15, 0.2) is 0 Å². The number of halogens is 1. The van der Waals surface area contributed by atoms with E-state index in [2.05, 4.69) is 46.9 Å². The van der Waals surface area contributed by atoms with Crippen LogP contribution in [0.2, 0.25) is 5.02 Å². The van der Waals surface area contributed by atoms with Gasteiger partial charge in [-0.3, -0.25) is 9.59 Å². The van der Waals surface area contributed by atoms with Crippen LogP contribution in [0.4, 0.5) is 5.82 Å². The lowest BCUT2D eigenvalue weighted by atomic mass is 9.92. The molecule has 1 aromatic heterocycles. The summed E-state index contributed by atoms with van der Waals surface area (Å²) in [6.45, 7) is 13.0. The van der Waals surface area contributed by atoms with E-state index in [4.69, 9.17) is 16.7 Å². The summed E-state index contributed by atoms with van der Waals surface area (Å²) in [4.78, 5) is 28.2. The third-order valence-electron chi connectivity index (χ3n) is 6.02. The first-order chi connectivity index (χ1) is 17.0. The van der Waals surface area contributed by atoms with Gasteiger partial charge in [-0.15, -0.1) is 0 Å². The Morgan fingerprint density at radius 2 is 1.69 bits per heavy atom. The molecule has 192 valence electrons. The van der Waals surface area contributed by atoms with Crippen LogP contribution in [0.5, 0.6) is 0 Å². The molecule has 2 amide bonds. The maximum absolute atomic E-state index is 13.3. The standard InChI is InChI=1S/C29H37ClN4O2/c1-7-21-8-10-22(11-9-21)28(36)33(17-16-20(2)3)19-27(35)31-26-18-25(29(4,5)6)32-34(26)24-14-12-23(30)13-15-24/h8-15,18,20H,7,16-17,19H2,1-6H3,(H,31,35). The van der Waals surface area contributed by atoms with Gasteiger partial charge in [0.1, 0.15) is 12.4 Å². The van der Waals surface area contributed by atoms with Crippen molar-refractivity contribution >= 4 is 29.2 Å². The fraction of sp³-hybridized carbons (Fsp3) is 0.414. The fourth-order valence-corrected chi connectivity index (χ4v) is 3.83. The maximum Gasteiger partial charge on any atom is 0.254 e. The van der Waals surface area contributed by atoms with Crippen molar-refractivity contribution in [1.29, 1.82) is 0 Å². The highest BCUT2D eigenvalue weighted by Gasteiger charge is 2.24. The van der Waals surface area contributed by atoms with Crippen molar-refractivity contribution < 1.29 is 9.59 Å². The van der Waals surface area contributed by atoms with Gasteiger partial charge in [-0.05, 0) is 60.7 Å². The monoisotopic (exact) mass is 508 g/mol. The molecule has 0 bridgehead atoms. The topological polar surface area (TPSA) is 67.2 Å². The highest BCUT2D eigenvalue weighted by molar-refractivity contribution is 6.30. The Bertz CT molecular complexity index is 1180. The molecule has 1 N–H and O–H groups in total. The number of aryl methyl sites for hydroxylation is 1. The van der Waals surface area contributed by atoms with Gasteiger partial charge >= 0.3 is 0 Å². The number of benzene rings is 2. The number of aromatic nitrogens is 2. The first-order valence-corrected chi connectivity index (χ1v) is 12.9. The minimum atomic E-state index is -0.271. The minimum absolute atomic E-state index is 0.0439. The van der Waals surface area contributed by atoms with Crippen LogP contribution in [0.1, 0.15) is 69.6 Å². The third kappa shape index (κ3) is 7.20. The van der Waals surface area contributed by atoms with Crippen LogP contribution in [0.3, 0.4) is 0 Å². The molecule has 2 aromatic carbocycles. The first-order valence-electron chi connectivity index (χ1n) is 12.5. The van der Waals surface area contributed by atoms with Crippen LogP contribution in [-0.2, 0) is 16.6 Å². The Morgan fingerprint density at radius 3 is 2.25 bits per heavy atom. The summed E-state index contributed by atoms with van der Waals surface area (Å²) in [7, 11) is 0. The molecule has 0 saturated carbocycles. The molecule has 3 aromatic rings. The normalized spacial score (nSPS) is 11.6. The molecule has 3 rings (SSSR count). The summed E-state index contributed by atoms with van der Waals surface area (Å²) < 4.78 is 1.71. The SMILES string of the molecule is CCc1ccc(C(=O)N(CCC(C)C)CC(=O)Nc2cc(C(C)(C)C)nn2-c2ccc(Cl)cc2)cc1. The molecule has 0 radical (unpaired) electrons. The molecule has 0 fully saturated rings. The average Bonchev–Trinajstić information content (AvgIpc) is 3.26. The van der Waals surface area contributed by atoms with E-state index in [1.54, 1.807) is 21.7 Å². The Kier molecular flexibility index (Phi) is 8.96. The lowest BCUT2D eigenvalue weighted by Crippen LogP contribution is -2.39. The van der Waals surface area contributed by atoms with Crippen LogP contribution >= 0.6 is 11.6 Å². The van der Waals surface area contributed by atoms with Crippen LogP contribution in [-0.4, -0.2) is 39.6 Å². The number of amides is 2. The highest BCUT2D eigenvalue weighted by atomic mass is 35.5. The minimum Gasteiger partial charge on any atom is -0.329 e.